The van der Waals surface area contributed by atoms with E-state index in [1.807, 2.05) is 55.1 Å². The number of hydrogen-bond donors (Lipinski definition) is 1. The highest BCUT2D eigenvalue weighted by Gasteiger charge is 2.36. The van der Waals surface area contributed by atoms with Crippen LogP contribution < -0.4 is 24.4 Å². The molecule has 190 valence electrons. The van der Waals surface area contributed by atoms with Gasteiger partial charge in [-0.25, -0.2) is 4.68 Å². The number of benzene rings is 2. The molecule has 1 amide bonds. The summed E-state index contributed by atoms with van der Waals surface area (Å²) in [4.78, 5) is 17.3. The number of ether oxygens (including phenoxy) is 3. The first-order valence-electron chi connectivity index (χ1n) is 12.2. The van der Waals surface area contributed by atoms with Gasteiger partial charge in [0.25, 0.3) is 0 Å². The lowest BCUT2D eigenvalue weighted by molar-refractivity contribution is -0.122. The predicted octanol–water partition coefficient (Wildman–Crippen LogP) is 3.09. The predicted molar refractivity (Wildman–Crippen MR) is 138 cm³/mol. The summed E-state index contributed by atoms with van der Waals surface area (Å²) < 4.78 is 18.7. The highest BCUT2D eigenvalue weighted by Crippen LogP contribution is 2.46. The molecule has 1 fully saturated rings. The van der Waals surface area contributed by atoms with Crippen LogP contribution in [0.4, 0.5) is 5.69 Å². The number of amides is 1. The fourth-order valence-corrected chi connectivity index (χ4v) is 4.85. The normalized spacial score (nSPS) is 16.5. The minimum Gasteiger partial charge on any atom is -0.497 e. The largest absolute Gasteiger partial charge is 0.497 e. The van der Waals surface area contributed by atoms with Gasteiger partial charge < -0.3 is 24.4 Å². The monoisotopic (exact) mass is 491 g/mol. The molecule has 1 N–H and O–H groups in total. The van der Waals surface area contributed by atoms with Gasteiger partial charge in [0.1, 0.15) is 29.5 Å². The van der Waals surface area contributed by atoms with Gasteiger partial charge in [-0.3, -0.25) is 9.69 Å². The molecule has 1 aromatic heterocycles. The molecule has 2 aliphatic rings. The Balaban J connectivity index is 1.19. The van der Waals surface area contributed by atoms with E-state index in [-0.39, 0.29) is 5.91 Å². The van der Waals surface area contributed by atoms with E-state index in [1.54, 1.807) is 14.2 Å². The van der Waals surface area contributed by atoms with E-state index in [9.17, 15) is 4.79 Å². The fraction of sp³-hybridized carbons (Fsp3) is 0.407. The number of piperazine rings is 1. The van der Waals surface area contributed by atoms with Crippen LogP contribution in [0.25, 0.3) is 11.3 Å². The van der Waals surface area contributed by atoms with Crippen molar-refractivity contribution in [1.29, 1.82) is 0 Å². The van der Waals surface area contributed by atoms with E-state index in [0.29, 0.717) is 13.2 Å². The zero-order chi connectivity index (χ0) is 25.3. The van der Waals surface area contributed by atoms with Gasteiger partial charge in [0, 0.05) is 49.1 Å². The Morgan fingerprint density at radius 2 is 1.72 bits per heavy atom. The molecule has 9 heteroatoms. The van der Waals surface area contributed by atoms with Crippen LogP contribution in [0.5, 0.6) is 17.2 Å². The van der Waals surface area contributed by atoms with Crippen molar-refractivity contribution in [3.05, 3.63) is 54.2 Å². The van der Waals surface area contributed by atoms with Crippen molar-refractivity contribution < 1.29 is 19.0 Å². The van der Waals surface area contributed by atoms with E-state index in [2.05, 4.69) is 32.3 Å². The molecule has 2 aromatic carbocycles. The zero-order valence-corrected chi connectivity index (χ0v) is 21.3. The minimum atomic E-state index is -0.541. The van der Waals surface area contributed by atoms with Crippen molar-refractivity contribution in [2.24, 2.45) is 0 Å². The average Bonchev–Trinajstić information content (AvgIpc) is 3.33. The maximum absolute atomic E-state index is 12.8. The summed E-state index contributed by atoms with van der Waals surface area (Å²) in [7, 11) is 3.31. The number of carbonyl (C=O) groups excluding carboxylic acids is 1. The fourth-order valence-electron chi connectivity index (χ4n) is 4.85. The lowest BCUT2D eigenvalue weighted by Gasteiger charge is -2.35. The average molecular weight is 492 g/mol. The van der Waals surface area contributed by atoms with Crippen molar-refractivity contribution in [2.45, 2.75) is 26.1 Å². The van der Waals surface area contributed by atoms with Crippen molar-refractivity contribution in [3.63, 3.8) is 0 Å². The van der Waals surface area contributed by atoms with Gasteiger partial charge in [0.15, 0.2) is 0 Å². The number of fused-ring (bicyclic) bond motifs is 3. The highest BCUT2D eigenvalue weighted by atomic mass is 16.5. The van der Waals surface area contributed by atoms with E-state index < -0.39 is 5.60 Å². The molecule has 2 aliphatic heterocycles. The topological polar surface area (TPSA) is 81.1 Å². The number of methoxy groups -OCH3 is 2. The summed E-state index contributed by atoms with van der Waals surface area (Å²) in [6.07, 6.45) is 1.83. The van der Waals surface area contributed by atoms with Crippen LogP contribution in [0.3, 0.4) is 0 Å². The molecule has 0 spiro atoms. The number of rotatable bonds is 7. The van der Waals surface area contributed by atoms with Crippen LogP contribution in [0.15, 0.2) is 48.7 Å². The van der Waals surface area contributed by atoms with Crippen LogP contribution in [-0.2, 0) is 17.1 Å². The molecule has 9 nitrogen and oxygen atoms in total. The summed E-state index contributed by atoms with van der Waals surface area (Å²) in [6.45, 7) is 8.11. The first-order valence-corrected chi connectivity index (χ1v) is 12.2. The Hall–Kier alpha value is -3.72. The van der Waals surface area contributed by atoms with Crippen molar-refractivity contribution in [2.75, 3.05) is 51.8 Å². The smallest absolute Gasteiger partial charge is 0.235 e. The molecule has 5 rings (SSSR count). The number of hydrogen-bond acceptors (Lipinski definition) is 7. The van der Waals surface area contributed by atoms with E-state index >= 15 is 0 Å². The number of nitrogens with zero attached hydrogens (tertiary/aromatic N) is 4. The Kier molecular flexibility index (Phi) is 6.49. The molecule has 3 aromatic rings. The van der Waals surface area contributed by atoms with Gasteiger partial charge in [-0.05, 0) is 50.2 Å². The number of aromatic nitrogens is 2. The first kappa shape index (κ1) is 24.0. The molecule has 0 radical (unpaired) electrons. The van der Waals surface area contributed by atoms with Gasteiger partial charge in [-0.2, -0.15) is 5.10 Å². The van der Waals surface area contributed by atoms with Gasteiger partial charge in [-0.1, -0.05) is 0 Å². The number of anilines is 1. The van der Waals surface area contributed by atoms with Crippen molar-refractivity contribution in [1.82, 2.24) is 20.0 Å². The molecule has 3 heterocycles. The SMILES string of the molecule is COc1ccc(N2CCN(CC(=O)NCn3ncc4c3-c3ccc(OC)cc3OC4(C)C)CC2)cc1. The summed E-state index contributed by atoms with van der Waals surface area (Å²) >= 11 is 0. The highest BCUT2D eigenvalue weighted by molar-refractivity contribution is 5.78. The Labute approximate surface area is 211 Å². The Morgan fingerprint density at radius 3 is 2.42 bits per heavy atom. The molecule has 0 bridgehead atoms. The second kappa shape index (κ2) is 9.73. The molecule has 0 atom stereocenters. The second-order valence-electron chi connectivity index (χ2n) is 9.60. The van der Waals surface area contributed by atoms with Crippen LogP contribution >= 0.6 is 0 Å². The molecule has 0 saturated carbocycles. The molecule has 36 heavy (non-hydrogen) atoms. The van der Waals surface area contributed by atoms with Crippen LogP contribution in [0, 0.1) is 0 Å². The summed E-state index contributed by atoms with van der Waals surface area (Å²) in [5.74, 6) is 2.32. The van der Waals surface area contributed by atoms with Crippen molar-refractivity contribution in [3.8, 4) is 28.5 Å². The standard InChI is InChI=1S/C27H33N5O4/c1-27(2)23-16-29-32(26(23)22-10-9-21(35-4)15-24(22)36-27)18-28-25(33)17-30-11-13-31(14-12-30)19-5-7-20(34-3)8-6-19/h5-10,15-16H,11-14,17-18H2,1-4H3,(H,28,33). The molecular weight excluding hydrogens is 458 g/mol. The Morgan fingerprint density at radius 1 is 1.03 bits per heavy atom. The maximum Gasteiger partial charge on any atom is 0.235 e. The van der Waals surface area contributed by atoms with E-state index in [1.165, 1.54) is 5.69 Å². The second-order valence-corrected chi connectivity index (χ2v) is 9.60. The Bertz CT molecular complexity index is 1230. The summed E-state index contributed by atoms with van der Waals surface area (Å²) in [5.41, 5.74) is 3.52. The van der Waals surface area contributed by atoms with Gasteiger partial charge in [-0.15, -0.1) is 0 Å². The van der Waals surface area contributed by atoms with Gasteiger partial charge in [0.2, 0.25) is 5.91 Å². The van der Waals surface area contributed by atoms with Crippen molar-refractivity contribution >= 4 is 11.6 Å². The molecule has 1 saturated heterocycles. The van der Waals surface area contributed by atoms with Gasteiger partial charge >= 0.3 is 0 Å². The van der Waals surface area contributed by atoms with Gasteiger partial charge in [0.05, 0.1) is 32.7 Å². The third-order valence-electron chi connectivity index (χ3n) is 6.90. The molecule has 0 unspecified atom stereocenters. The molecular formula is C27H33N5O4. The van der Waals surface area contributed by atoms with E-state index in [4.69, 9.17) is 14.2 Å². The zero-order valence-electron chi connectivity index (χ0n) is 21.3. The number of carbonyl (C=O) groups is 1. The summed E-state index contributed by atoms with van der Waals surface area (Å²) in [5, 5.41) is 7.62. The van der Waals surface area contributed by atoms with Crippen LogP contribution in [0.2, 0.25) is 0 Å². The molecule has 0 aliphatic carbocycles. The quantitative estimate of drug-likeness (QED) is 0.544. The lowest BCUT2D eigenvalue weighted by Crippen LogP contribution is -2.49. The number of nitrogens with one attached hydrogen (secondary N) is 1. The van der Waals surface area contributed by atoms with Crippen LogP contribution in [-0.4, -0.2) is 67.5 Å². The first-order chi connectivity index (χ1) is 17.4. The minimum absolute atomic E-state index is 0.0154. The summed E-state index contributed by atoms with van der Waals surface area (Å²) in [6, 6.07) is 13.9. The van der Waals surface area contributed by atoms with Crippen LogP contribution in [0.1, 0.15) is 19.4 Å². The third kappa shape index (κ3) is 4.70. The third-order valence-corrected chi connectivity index (χ3v) is 6.90. The lowest BCUT2D eigenvalue weighted by atomic mass is 9.91. The maximum atomic E-state index is 12.8. The van der Waals surface area contributed by atoms with E-state index in [0.717, 1.165) is 60.2 Å².